The molecule has 0 atom stereocenters. The fraction of sp³-hybridized carbons (Fsp3) is 0.143. The third kappa shape index (κ3) is 5.42. The summed E-state index contributed by atoms with van der Waals surface area (Å²) in [4.78, 5) is 7.58. The first kappa shape index (κ1) is 36.9. The highest BCUT2D eigenvalue weighted by molar-refractivity contribution is 7.02. The van der Waals surface area contributed by atoms with Crippen molar-refractivity contribution in [3.8, 4) is 11.5 Å². The van der Waals surface area contributed by atoms with E-state index in [0.29, 0.717) is 0 Å². The molecule has 0 aromatic heterocycles. The number of fused-ring (bicyclic) bond motifs is 8. The van der Waals surface area contributed by atoms with Gasteiger partial charge >= 0.3 is 0 Å². The zero-order chi connectivity index (χ0) is 42.1. The molecule has 0 fully saturated rings. The van der Waals surface area contributed by atoms with Crippen LogP contribution in [0.3, 0.4) is 0 Å². The fourth-order valence-electron chi connectivity index (χ4n) is 10.6. The lowest BCUT2D eigenvalue weighted by Gasteiger charge is -2.47. The molecule has 6 heteroatoms. The molecule has 0 saturated carbocycles. The number of benzene rings is 8. The molecule has 298 valence electrons. The van der Waals surface area contributed by atoms with E-state index in [9.17, 15) is 0 Å². The van der Waals surface area contributed by atoms with Crippen LogP contribution in [0.15, 0.2) is 176 Å². The quantitative estimate of drug-likeness (QED) is 0.166. The van der Waals surface area contributed by atoms with Crippen molar-refractivity contribution in [2.45, 2.75) is 52.4 Å². The molecule has 62 heavy (non-hydrogen) atoms. The summed E-state index contributed by atoms with van der Waals surface area (Å²) in [7, 11) is 0. The number of anilines is 9. The number of nitrogens with zero attached hydrogens (tertiary/aromatic N) is 3. The molecule has 0 amide bonds. The maximum Gasteiger partial charge on any atom is 0.256 e. The van der Waals surface area contributed by atoms with Crippen molar-refractivity contribution >= 4 is 97.4 Å². The van der Waals surface area contributed by atoms with Crippen LogP contribution >= 0.6 is 0 Å². The maximum absolute atomic E-state index is 6.96. The van der Waals surface area contributed by atoms with Gasteiger partial charge in [-0.25, -0.2) is 0 Å². The van der Waals surface area contributed by atoms with Gasteiger partial charge in [-0.3, -0.25) is 0 Å². The van der Waals surface area contributed by atoms with E-state index in [4.69, 9.17) is 4.74 Å². The molecule has 8 aromatic carbocycles. The number of hydrogen-bond donors (Lipinski definition) is 0. The van der Waals surface area contributed by atoms with Gasteiger partial charge in [0.2, 0.25) is 0 Å². The van der Waals surface area contributed by atoms with E-state index in [2.05, 4.69) is 232 Å². The van der Waals surface area contributed by atoms with Gasteiger partial charge in [-0.1, -0.05) is 139 Å². The van der Waals surface area contributed by atoms with Crippen LogP contribution in [0.5, 0.6) is 11.5 Å². The topological polar surface area (TPSA) is 19.0 Å². The summed E-state index contributed by atoms with van der Waals surface area (Å²) in [6.45, 7) is 13.9. The molecule has 0 aliphatic carbocycles. The summed E-state index contributed by atoms with van der Waals surface area (Å²) in [5.74, 6) is 1.86. The molecule has 0 unspecified atom stereocenters. The van der Waals surface area contributed by atoms with Gasteiger partial charge in [-0.15, -0.1) is 0 Å². The zero-order valence-corrected chi connectivity index (χ0v) is 36.1. The second-order valence-electron chi connectivity index (χ2n) is 19.4. The molecule has 0 radical (unpaired) electrons. The van der Waals surface area contributed by atoms with Crippen LogP contribution in [-0.2, 0) is 10.8 Å². The molecule has 4 nitrogen and oxygen atoms in total. The Labute approximate surface area is 366 Å². The average Bonchev–Trinajstić information content (AvgIpc) is 3.28. The number of ether oxygens (including phenoxy) is 1. The molecule has 4 aliphatic heterocycles. The molecule has 4 aliphatic rings. The highest BCUT2D eigenvalue weighted by atomic mass is 16.5. The first-order valence-electron chi connectivity index (χ1n) is 22.0. The normalized spacial score (nSPS) is 14.3. The Morgan fingerprint density at radius 3 is 1.29 bits per heavy atom. The smallest absolute Gasteiger partial charge is 0.256 e. The predicted octanol–water partition coefficient (Wildman–Crippen LogP) is 10.8. The third-order valence-corrected chi connectivity index (χ3v) is 13.6. The Bertz CT molecular complexity index is 3100. The van der Waals surface area contributed by atoms with Crippen molar-refractivity contribution in [1.82, 2.24) is 0 Å². The highest BCUT2D eigenvalue weighted by Crippen LogP contribution is 2.49. The first-order valence-corrected chi connectivity index (χ1v) is 22.0. The van der Waals surface area contributed by atoms with Crippen molar-refractivity contribution in [1.29, 1.82) is 0 Å². The summed E-state index contributed by atoms with van der Waals surface area (Å²) >= 11 is 0. The monoisotopic (exact) mass is 799 g/mol. The van der Waals surface area contributed by atoms with Crippen LogP contribution in [0.2, 0.25) is 0 Å². The second-order valence-corrected chi connectivity index (χ2v) is 19.4. The maximum atomic E-state index is 6.96. The third-order valence-electron chi connectivity index (χ3n) is 13.6. The summed E-state index contributed by atoms with van der Waals surface area (Å²) in [6.07, 6.45) is 0. The van der Waals surface area contributed by atoms with Crippen molar-refractivity contribution in [3.05, 3.63) is 187 Å². The van der Waals surface area contributed by atoms with E-state index in [1.165, 1.54) is 78.0 Å². The second kappa shape index (κ2) is 13.3. The molecular formula is C56H47B2N3O. The SMILES string of the molecule is CC(C)(C)c1cc2c3c(c1)N(c1ccccc1)c1cc4c(cc1B3c1ccccc1O2)B1c2ccccc2N(c2ccccc2)c2cc(C(C)(C)C)cc(c21)N4c1ccccc1. The van der Waals surface area contributed by atoms with Gasteiger partial charge in [0, 0.05) is 51.2 Å². The Kier molecular flexibility index (Phi) is 7.91. The largest absolute Gasteiger partial charge is 0.458 e. The molecule has 8 aromatic rings. The molecule has 12 rings (SSSR count). The summed E-state index contributed by atoms with van der Waals surface area (Å²) < 4.78 is 6.96. The number of hydrogen-bond acceptors (Lipinski definition) is 4. The van der Waals surface area contributed by atoms with E-state index < -0.39 is 0 Å². The van der Waals surface area contributed by atoms with Crippen LogP contribution in [0.4, 0.5) is 51.2 Å². The van der Waals surface area contributed by atoms with Gasteiger partial charge in [-0.2, -0.15) is 0 Å². The van der Waals surface area contributed by atoms with Gasteiger partial charge in [-0.05, 0) is 134 Å². The van der Waals surface area contributed by atoms with Gasteiger partial charge in [0.1, 0.15) is 11.5 Å². The molecule has 0 bridgehead atoms. The Balaban J connectivity index is 1.22. The first-order chi connectivity index (χ1) is 30.0. The lowest BCUT2D eigenvalue weighted by molar-refractivity contribution is 0.483. The standard InChI is InChI=1S/C56H47B2N3O/c1-55(2,3)36-30-48-53-49(31-36)60(39-22-12-8-13-23-39)46-35-47-44(34-43(46)57(53)41-26-16-18-28-45(41)59(48)38-20-10-7-11-21-38)58-42-27-17-19-29-51(42)62-52-33-37(56(4,5)6)32-50(54(52)58)61(47)40-24-14-9-15-25-40/h7-35H,1-6H3. The molecule has 0 saturated heterocycles. The molecule has 4 heterocycles. The van der Waals surface area contributed by atoms with Crippen molar-refractivity contribution in [2.24, 2.45) is 0 Å². The van der Waals surface area contributed by atoms with E-state index >= 15 is 0 Å². The van der Waals surface area contributed by atoms with E-state index in [-0.39, 0.29) is 24.3 Å². The van der Waals surface area contributed by atoms with E-state index in [0.717, 1.165) is 28.6 Å². The zero-order valence-electron chi connectivity index (χ0n) is 36.1. The van der Waals surface area contributed by atoms with Crippen LogP contribution in [0.1, 0.15) is 52.7 Å². The van der Waals surface area contributed by atoms with Gasteiger partial charge < -0.3 is 19.4 Å². The number of rotatable bonds is 3. The summed E-state index contributed by atoms with van der Waals surface area (Å²) in [5.41, 5.74) is 20.6. The predicted molar refractivity (Wildman–Crippen MR) is 264 cm³/mol. The summed E-state index contributed by atoms with van der Waals surface area (Å²) in [6, 6.07) is 65.4. The van der Waals surface area contributed by atoms with Crippen LogP contribution in [0, 0.1) is 0 Å². The minimum Gasteiger partial charge on any atom is -0.458 e. The van der Waals surface area contributed by atoms with Crippen molar-refractivity contribution in [3.63, 3.8) is 0 Å². The number of para-hydroxylation sites is 5. The lowest BCUT2D eigenvalue weighted by Crippen LogP contribution is -2.64. The molecular weight excluding hydrogens is 752 g/mol. The Hall–Kier alpha value is -6.91. The Morgan fingerprint density at radius 1 is 0.339 bits per heavy atom. The van der Waals surface area contributed by atoms with Crippen LogP contribution in [0.25, 0.3) is 0 Å². The van der Waals surface area contributed by atoms with Gasteiger partial charge in [0.25, 0.3) is 13.4 Å². The minimum absolute atomic E-state index is 0.0187. The van der Waals surface area contributed by atoms with Gasteiger partial charge in [0.15, 0.2) is 0 Å². The van der Waals surface area contributed by atoms with Crippen LogP contribution < -0.4 is 52.2 Å². The summed E-state index contributed by atoms with van der Waals surface area (Å²) in [5, 5.41) is 0. The minimum atomic E-state index is -0.106. The van der Waals surface area contributed by atoms with E-state index in [1.807, 2.05) is 0 Å². The van der Waals surface area contributed by atoms with Gasteiger partial charge in [0.05, 0.1) is 0 Å². The van der Waals surface area contributed by atoms with Crippen molar-refractivity contribution in [2.75, 3.05) is 14.7 Å². The van der Waals surface area contributed by atoms with Crippen molar-refractivity contribution < 1.29 is 4.74 Å². The fourth-order valence-corrected chi connectivity index (χ4v) is 10.6. The highest BCUT2D eigenvalue weighted by Gasteiger charge is 2.48. The van der Waals surface area contributed by atoms with E-state index in [1.54, 1.807) is 0 Å². The van der Waals surface area contributed by atoms with Crippen LogP contribution in [-0.4, -0.2) is 13.4 Å². The molecule has 0 N–H and O–H groups in total. The average molecular weight is 800 g/mol. The Morgan fingerprint density at radius 2 is 0.758 bits per heavy atom. The lowest BCUT2D eigenvalue weighted by atomic mass is 9.30. The molecule has 0 spiro atoms.